The Hall–Kier alpha value is -1.83. The van der Waals surface area contributed by atoms with E-state index in [1.54, 1.807) is 12.1 Å². The first-order valence-electron chi connectivity index (χ1n) is 8.90. The number of anilines is 1. The number of carbonyl (C=O) groups excluding carboxylic acids is 1. The normalized spacial score (nSPS) is 24.5. The maximum Gasteiger partial charge on any atom is 0.252 e. The molecule has 2 aromatic carbocycles. The molecule has 0 spiro atoms. The molecular formula is C20H19ClN2O3S2. The lowest BCUT2D eigenvalue weighted by Gasteiger charge is -2.24. The van der Waals surface area contributed by atoms with Crippen LogP contribution in [0.15, 0.2) is 53.5 Å². The molecule has 0 aromatic heterocycles. The van der Waals surface area contributed by atoms with E-state index in [1.165, 1.54) is 11.8 Å². The molecule has 0 unspecified atom stereocenters. The van der Waals surface area contributed by atoms with Gasteiger partial charge in [-0.1, -0.05) is 53.2 Å². The molecule has 8 heteroatoms. The van der Waals surface area contributed by atoms with Gasteiger partial charge in [-0.05, 0) is 36.8 Å². The summed E-state index contributed by atoms with van der Waals surface area (Å²) >= 11 is 7.37. The van der Waals surface area contributed by atoms with Gasteiger partial charge in [-0.25, -0.2) is 8.42 Å². The van der Waals surface area contributed by atoms with Crippen LogP contribution in [0.1, 0.15) is 11.1 Å². The minimum atomic E-state index is -3.09. The van der Waals surface area contributed by atoms with Gasteiger partial charge in [0, 0.05) is 16.0 Å². The zero-order chi connectivity index (χ0) is 19.9. The van der Waals surface area contributed by atoms with E-state index in [0.717, 1.165) is 16.8 Å². The Morgan fingerprint density at radius 2 is 1.96 bits per heavy atom. The predicted molar refractivity (Wildman–Crippen MR) is 115 cm³/mol. The number of benzene rings is 2. The molecule has 4 rings (SSSR count). The number of carbonyl (C=O) groups is 1. The topological polar surface area (TPSA) is 66.8 Å². The highest BCUT2D eigenvalue weighted by atomic mass is 35.5. The van der Waals surface area contributed by atoms with Gasteiger partial charge in [-0.3, -0.25) is 4.79 Å². The van der Waals surface area contributed by atoms with Crippen LogP contribution in [0, 0.1) is 6.92 Å². The molecule has 2 fully saturated rings. The highest BCUT2D eigenvalue weighted by Crippen LogP contribution is 2.41. The molecule has 2 saturated heterocycles. The number of aryl methyl sites for hydroxylation is 1. The van der Waals surface area contributed by atoms with Crippen molar-refractivity contribution in [1.29, 1.82) is 0 Å². The molecule has 2 atom stereocenters. The monoisotopic (exact) mass is 434 g/mol. The van der Waals surface area contributed by atoms with Crippen molar-refractivity contribution < 1.29 is 13.2 Å². The number of nitrogens with zero attached hydrogens (tertiary/aromatic N) is 2. The van der Waals surface area contributed by atoms with E-state index in [0.29, 0.717) is 10.2 Å². The van der Waals surface area contributed by atoms with Gasteiger partial charge in [0.1, 0.15) is 0 Å². The largest absolute Gasteiger partial charge is 0.316 e. The second kappa shape index (κ2) is 7.54. The average Bonchev–Trinajstić information content (AvgIpc) is 3.06. The van der Waals surface area contributed by atoms with Crippen molar-refractivity contribution in [3.05, 3.63) is 64.7 Å². The van der Waals surface area contributed by atoms with Crippen molar-refractivity contribution in [2.75, 3.05) is 16.4 Å². The maximum atomic E-state index is 12.6. The van der Waals surface area contributed by atoms with Crippen LogP contribution >= 0.6 is 23.4 Å². The van der Waals surface area contributed by atoms with Crippen LogP contribution < -0.4 is 4.90 Å². The van der Waals surface area contributed by atoms with Gasteiger partial charge in [0.25, 0.3) is 5.91 Å². The number of halogens is 1. The maximum absolute atomic E-state index is 12.6. The van der Waals surface area contributed by atoms with Crippen LogP contribution in [0.5, 0.6) is 0 Å². The summed E-state index contributed by atoms with van der Waals surface area (Å²) in [6.45, 7) is 1.98. The number of aliphatic imine (C=N–C) groups is 1. The molecule has 0 saturated carbocycles. The van der Waals surface area contributed by atoms with Gasteiger partial charge in [0.05, 0.1) is 24.0 Å². The molecule has 146 valence electrons. The number of rotatable bonds is 3. The number of sulfone groups is 1. The Balaban J connectivity index is 1.63. The van der Waals surface area contributed by atoms with Crippen LogP contribution in [0.25, 0.3) is 0 Å². The van der Waals surface area contributed by atoms with Crippen molar-refractivity contribution >= 4 is 50.0 Å². The average molecular weight is 435 g/mol. The van der Waals surface area contributed by atoms with Crippen LogP contribution in [-0.2, 0) is 21.1 Å². The van der Waals surface area contributed by atoms with Crippen molar-refractivity contribution in [3.8, 4) is 0 Å². The van der Waals surface area contributed by atoms with Crippen molar-refractivity contribution in [2.45, 2.75) is 24.6 Å². The van der Waals surface area contributed by atoms with Gasteiger partial charge in [0.15, 0.2) is 15.0 Å². The fourth-order valence-electron chi connectivity index (χ4n) is 3.61. The summed E-state index contributed by atoms with van der Waals surface area (Å²) in [7, 11) is -3.09. The SMILES string of the molecule is Cc1cccc(CC(=O)N=C2S[C@@H]3CS(=O)(=O)C[C@H]3N2c2ccc(Cl)cc2)c1. The highest BCUT2D eigenvalue weighted by Gasteiger charge is 2.49. The second-order valence-electron chi connectivity index (χ2n) is 7.10. The van der Waals surface area contributed by atoms with Crippen LogP contribution in [-0.4, -0.2) is 42.3 Å². The molecule has 2 aromatic rings. The van der Waals surface area contributed by atoms with Gasteiger partial charge in [-0.15, -0.1) is 0 Å². The minimum absolute atomic E-state index is 0.0678. The number of amidine groups is 1. The van der Waals surface area contributed by atoms with Crippen LogP contribution in [0.4, 0.5) is 5.69 Å². The summed E-state index contributed by atoms with van der Waals surface area (Å²) < 4.78 is 24.2. The lowest BCUT2D eigenvalue weighted by Crippen LogP contribution is -2.37. The molecule has 5 nitrogen and oxygen atoms in total. The van der Waals surface area contributed by atoms with E-state index < -0.39 is 9.84 Å². The molecule has 0 radical (unpaired) electrons. The number of hydrogen-bond donors (Lipinski definition) is 0. The summed E-state index contributed by atoms with van der Waals surface area (Å²) in [6, 6.07) is 14.7. The molecule has 2 aliphatic rings. The Kier molecular flexibility index (Phi) is 5.24. The third-order valence-electron chi connectivity index (χ3n) is 4.83. The fraction of sp³-hybridized carbons (Fsp3) is 0.300. The zero-order valence-electron chi connectivity index (χ0n) is 15.2. The summed E-state index contributed by atoms with van der Waals surface area (Å²) in [5, 5.41) is 1.04. The van der Waals surface area contributed by atoms with E-state index in [2.05, 4.69) is 4.99 Å². The lowest BCUT2D eigenvalue weighted by molar-refractivity contribution is -0.117. The van der Waals surface area contributed by atoms with Crippen LogP contribution in [0.3, 0.4) is 0 Å². The number of fused-ring (bicyclic) bond motifs is 1. The first-order chi connectivity index (χ1) is 13.3. The van der Waals surface area contributed by atoms with Crippen molar-refractivity contribution in [3.63, 3.8) is 0 Å². The van der Waals surface area contributed by atoms with E-state index >= 15 is 0 Å². The van der Waals surface area contributed by atoms with Gasteiger partial charge in [-0.2, -0.15) is 4.99 Å². The second-order valence-corrected chi connectivity index (χ2v) is 10.9. The summed E-state index contributed by atoms with van der Waals surface area (Å²) in [5.74, 6) is -0.0644. The van der Waals surface area contributed by atoms with E-state index in [4.69, 9.17) is 11.6 Å². The quantitative estimate of drug-likeness (QED) is 0.739. The predicted octanol–water partition coefficient (Wildman–Crippen LogP) is 3.49. The van der Waals surface area contributed by atoms with Crippen LogP contribution in [0.2, 0.25) is 5.02 Å². The minimum Gasteiger partial charge on any atom is -0.316 e. The van der Waals surface area contributed by atoms with Crippen molar-refractivity contribution in [1.82, 2.24) is 0 Å². The highest BCUT2D eigenvalue weighted by molar-refractivity contribution is 8.16. The summed E-state index contributed by atoms with van der Waals surface area (Å²) in [5.41, 5.74) is 2.80. The van der Waals surface area contributed by atoms with E-state index in [-0.39, 0.29) is 35.1 Å². The molecule has 0 aliphatic carbocycles. The van der Waals surface area contributed by atoms with Gasteiger partial charge in [0.2, 0.25) is 0 Å². The van der Waals surface area contributed by atoms with Gasteiger partial charge >= 0.3 is 0 Å². The molecule has 0 bridgehead atoms. The van der Waals surface area contributed by atoms with Crippen molar-refractivity contribution in [2.24, 2.45) is 4.99 Å². The Morgan fingerprint density at radius 1 is 1.21 bits per heavy atom. The van der Waals surface area contributed by atoms with E-state index in [1.807, 2.05) is 48.2 Å². The molecule has 28 heavy (non-hydrogen) atoms. The Labute approximate surface area is 173 Å². The molecular weight excluding hydrogens is 416 g/mol. The Morgan fingerprint density at radius 3 is 2.68 bits per heavy atom. The summed E-state index contributed by atoms with van der Waals surface area (Å²) in [4.78, 5) is 18.8. The first kappa shape index (κ1) is 19.5. The molecule has 2 aliphatic heterocycles. The first-order valence-corrected chi connectivity index (χ1v) is 12.0. The fourth-order valence-corrected chi connectivity index (χ4v) is 7.67. The zero-order valence-corrected chi connectivity index (χ0v) is 17.6. The summed E-state index contributed by atoms with van der Waals surface area (Å²) in [6.07, 6.45) is 0.216. The van der Waals surface area contributed by atoms with E-state index in [9.17, 15) is 13.2 Å². The number of hydrogen-bond acceptors (Lipinski definition) is 4. The number of amides is 1. The Bertz CT molecular complexity index is 1050. The lowest BCUT2D eigenvalue weighted by atomic mass is 10.1. The smallest absolute Gasteiger partial charge is 0.252 e. The molecule has 2 heterocycles. The number of thioether (sulfide) groups is 1. The standard InChI is InChI=1S/C20H19ClN2O3S2/c1-13-3-2-4-14(9-13)10-19(24)22-20-23(16-7-5-15(21)6-8-16)17-11-28(25,26)12-18(17)27-20/h2-9,17-18H,10-12H2,1H3/t17-,18-/m1/s1. The third kappa shape index (κ3) is 4.11. The molecule has 0 N–H and O–H groups in total. The molecule has 1 amide bonds. The third-order valence-corrected chi connectivity index (χ3v) is 8.29. The van der Waals surface area contributed by atoms with Gasteiger partial charge < -0.3 is 4.90 Å².